The summed E-state index contributed by atoms with van der Waals surface area (Å²) in [5.74, 6) is 3.57. The van der Waals surface area contributed by atoms with E-state index in [4.69, 9.17) is 4.74 Å². The number of thioether (sulfide) groups is 2. The van der Waals surface area contributed by atoms with Crippen molar-refractivity contribution in [2.24, 2.45) is 0 Å². The molecule has 1 saturated heterocycles. The van der Waals surface area contributed by atoms with Gasteiger partial charge in [-0.25, -0.2) is 0 Å². The molecule has 0 atom stereocenters. The minimum atomic E-state index is 0.616. The topological polar surface area (TPSA) is 9.23 Å². The van der Waals surface area contributed by atoms with E-state index in [1.165, 1.54) is 66.7 Å². The Balaban J connectivity index is 1.45. The summed E-state index contributed by atoms with van der Waals surface area (Å²) in [5.41, 5.74) is 4.00. The quantitative estimate of drug-likeness (QED) is 0.374. The van der Waals surface area contributed by atoms with Gasteiger partial charge in [0.2, 0.25) is 0 Å². The van der Waals surface area contributed by atoms with Crippen LogP contribution in [0.15, 0.2) is 48.5 Å². The fourth-order valence-corrected chi connectivity index (χ4v) is 6.22. The number of hydrogen-bond donors (Lipinski definition) is 0. The van der Waals surface area contributed by atoms with E-state index in [9.17, 15) is 0 Å². The molecule has 2 aromatic carbocycles. The third-order valence-electron chi connectivity index (χ3n) is 4.96. The zero-order valence-corrected chi connectivity index (χ0v) is 18.1. The Kier molecular flexibility index (Phi) is 8.96. The van der Waals surface area contributed by atoms with E-state index in [0.717, 1.165) is 18.8 Å². The van der Waals surface area contributed by atoms with Crippen LogP contribution in [0, 0.1) is 0 Å². The van der Waals surface area contributed by atoms with Crippen LogP contribution in [-0.2, 0) is 0 Å². The van der Waals surface area contributed by atoms with Gasteiger partial charge in [0.15, 0.2) is 0 Å². The van der Waals surface area contributed by atoms with Crippen LogP contribution in [0.5, 0.6) is 5.75 Å². The zero-order valence-electron chi connectivity index (χ0n) is 16.5. The van der Waals surface area contributed by atoms with Gasteiger partial charge < -0.3 is 4.74 Å². The average molecular weight is 401 g/mol. The van der Waals surface area contributed by atoms with Gasteiger partial charge in [-0.15, -0.1) is 23.5 Å². The summed E-state index contributed by atoms with van der Waals surface area (Å²) in [7, 11) is 0. The molecule has 3 heteroatoms. The molecule has 0 saturated carbocycles. The normalized spacial score (nSPS) is 15.0. The molecule has 0 N–H and O–H groups in total. The van der Waals surface area contributed by atoms with Crippen molar-refractivity contribution in [3.05, 3.63) is 54.1 Å². The summed E-state index contributed by atoms with van der Waals surface area (Å²) in [6.45, 7) is 3.09. The monoisotopic (exact) mass is 400 g/mol. The maximum absolute atomic E-state index is 5.90. The predicted molar refractivity (Wildman–Crippen MR) is 123 cm³/mol. The van der Waals surface area contributed by atoms with Crippen LogP contribution in [0.2, 0.25) is 0 Å². The summed E-state index contributed by atoms with van der Waals surface area (Å²) >= 11 is 4.16. The summed E-state index contributed by atoms with van der Waals surface area (Å²) in [6, 6.07) is 17.7. The van der Waals surface area contributed by atoms with E-state index >= 15 is 0 Å². The van der Waals surface area contributed by atoms with E-state index in [1.807, 2.05) is 0 Å². The van der Waals surface area contributed by atoms with Crippen LogP contribution in [0.3, 0.4) is 0 Å². The first-order valence-corrected chi connectivity index (χ1v) is 12.5. The van der Waals surface area contributed by atoms with Crippen molar-refractivity contribution in [1.29, 1.82) is 0 Å². The molecule has 1 nitrogen and oxygen atoms in total. The van der Waals surface area contributed by atoms with E-state index in [0.29, 0.717) is 4.58 Å². The second-order valence-electron chi connectivity index (χ2n) is 7.19. The molecule has 2 aromatic rings. The van der Waals surface area contributed by atoms with Gasteiger partial charge in [-0.1, -0.05) is 75.4 Å². The molecular formula is C24H32OS2. The molecule has 0 radical (unpaired) electrons. The lowest BCUT2D eigenvalue weighted by molar-refractivity contribution is 0.304. The smallest absolute Gasteiger partial charge is 0.119 e. The Bertz CT molecular complexity index is 645. The molecule has 1 heterocycles. The van der Waals surface area contributed by atoms with Gasteiger partial charge >= 0.3 is 0 Å². The Morgan fingerprint density at radius 3 is 2.04 bits per heavy atom. The predicted octanol–water partition coefficient (Wildman–Crippen LogP) is 7.96. The van der Waals surface area contributed by atoms with Crippen molar-refractivity contribution < 1.29 is 4.74 Å². The fraction of sp³-hybridized carbons (Fsp3) is 0.500. The highest BCUT2D eigenvalue weighted by Crippen LogP contribution is 2.43. The van der Waals surface area contributed by atoms with E-state index in [2.05, 4.69) is 79.0 Å². The van der Waals surface area contributed by atoms with Crippen LogP contribution >= 0.6 is 23.5 Å². The summed E-state index contributed by atoms with van der Waals surface area (Å²) < 4.78 is 6.51. The molecule has 0 bridgehead atoms. The van der Waals surface area contributed by atoms with E-state index in [1.54, 1.807) is 0 Å². The minimum Gasteiger partial charge on any atom is -0.494 e. The Hall–Kier alpha value is -1.06. The first-order chi connectivity index (χ1) is 13.4. The SMILES string of the molecule is CCCCCCCCOc1ccc(-c2ccc(C3SCCCS3)cc2)cc1. The van der Waals surface area contributed by atoms with Crippen molar-refractivity contribution >= 4 is 23.5 Å². The molecular weight excluding hydrogens is 368 g/mol. The molecule has 0 aliphatic carbocycles. The van der Waals surface area contributed by atoms with Gasteiger partial charge in [0.1, 0.15) is 5.75 Å². The Labute approximate surface area is 173 Å². The molecule has 0 spiro atoms. The van der Waals surface area contributed by atoms with Gasteiger partial charge in [0, 0.05) is 0 Å². The van der Waals surface area contributed by atoms with E-state index in [-0.39, 0.29) is 0 Å². The summed E-state index contributed by atoms with van der Waals surface area (Å²) in [6.07, 6.45) is 9.15. The lowest BCUT2D eigenvalue weighted by Crippen LogP contribution is -1.99. The molecule has 3 rings (SSSR count). The van der Waals surface area contributed by atoms with Gasteiger partial charge in [-0.3, -0.25) is 0 Å². The van der Waals surface area contributed by atoms with Crippen molar-refractivity contribution in [1.82, 2.24) is 0 Å². The third kappa shape index (κ3) is 6.80. The molecule has 1 aliphatic heterocycles. The first-order valence-electron chi connectivity index (χ1n) is 10.4. The van der Waals surface area contributed by atoms with Gasteiger partial charge in [-0.05, 0) is 53.2 Å². The van der Waals surface area contributed by atoms with E-state index < -0.39 is 0 Å². The highest BCUT2D eigenvalue weighted by Gasteiger charge is 2.16. The molecule has 1 aliphatic rings. The molecule has 27 heavy (non-hydrogen) atoms. The van der Waals surface area contributed by atoms with Crippen molar-refractivity contribution in [3.8, 4) is 16.9 Å². The summed E-state index contributed by atoms with van der Waals surface area (Å²) in [5, 5.41) is 0. The lowest BCUT2D eigenvalue weighted by atomic mass is 10.0. The highest BCUT2D eigenvalue weighted by molar-refractivity contribution is 8.16. The number of rotatable bonds is 10. The van der Waals surface area contributed by atoms with Crippen LogP contribution in [0.1, 0.15) is 62.0 Å². The molecule has 0 aromatic heterocycles. The lowest BCUT2D eigenvalue weighted by Gasteiger charge is -2.21. The van der Waals surface area contributed by atoms with Crippen LogP contribution in [-0.4, -0.2) is 18.1 Å². The summed E-state index contributed by atoms with van der Waals surface area (Å²) in [4.78, 5) is 0. The van der Waals surface area contributed by atoms with Crippen LogP contribution < -0.4 is 4.74 Å². The number of hydrogen-bond acceptors (Lipinski definition) is 3. The standard InChI is InChI=1S/C24H32OS2/c1-2-3-4-5-6-7-17-25-23-15-13-21(14-16-23)20-9-11-22(12-10-20)24-26-18-8-19-27-24/h9-16,24H,2-8,17-19H2,1H3. The second-order valence-corrected chi connectivity index (χ2v) is 9.91. The Morgan fingerprint density at radius 2 is 1.37 bits per heavy atom. The van der Waals surface area contributed by atoms with Gasteiger partial charge in [0.25, 0.3) is 0 Å². The first kappa shape index (κ1) is 20.7. The molecule has 0 amide bonds. The Morgan fingerprint density at radius 1 is 0.778 bits per heavy atom. The molecule has 0 unspecified atom stereocenters. The zero-order chi connectivity index (χ0) is 18.7. The molecule has 1 fully saturated rings. The minimum absolute atomic E-state index is 0.616. The number of ether oxygens (including phenoxy) is 1. The van der Waals surface area contributed by atoms with Crippen molar-refractivity contribution in [3.63, 3.8) is 0 Å². The largest absolute Gasteiger partial charge is 0.494 e. The van der Waals surface area contributed by atoms with Crippen LogP contribution in [0.4, 0.5) is 0 Å². The van der Waals surface area contributed by atoms with Gasteiger partial charge in [0.05, 0.1) is 11.2 Å². The maximum atomic E-state index is 5.90. The highest BCUT2D eigenvalue weighted by atomic mass is 32.2. The van der Waals surface area contributed by atoms with Crippen molar-refractivity contribution in [2.45, 2.75) is 56.5 Å². The molecule has 146 valence electrons. The van der Waals surface area contributed by atoms with Gasteiger partial charge in [-0.2, -0.15) is 0 Å². The second kappa shape index (κ2) is 11.7. The maximum Gasteiger partial charge on any atom is 0.119 e. The third-order valence-corrected chi connectivity index (χ3v) is 7.98. The number of benzene rings is 2. The van der Waals surface area contributed by atoms with Crippen LogP contribution in [0.25, 0.3) is 11.1 Å². The fourth-order valence-electron chi connectivity index (χ4n) is 3.33. The van der Waals surface area contributed by atoms with Crippen molar-refractivity contribution in [2.75, 3.05) is 18.1 Å². The average Bonchev–Trinajstić information content (AvgIpc) is 2.74. The number of unbranched alkanes of at least 4 members (excludes halogenated alkanes) is 5.